The van der Waals surface area contributed by atoms with Gasteiger partial charge in [0.05, 0.1) is 16.5 Å². The molecule has 3 rings (SSSR count). The highest BCUT2D eigenvalue weighted by Gasteiger charge is 2.35. The summed E-state index contributed by atoms with van der Waals surface area (Å²) < 4.78 is 0. The van der Waals surface area contributed by atoms with Crippen LogP contribution in [0.15, 0.2) is 42.5 Å². The van der Waals surface area contributed by atoms with Crippen molar-refractivity contribution in [1.82, 2.24) is 0 Å². The number of rotatable bonds is 4. The molecule has 26 heavy (non-hydrogen) atoms. The number of anilines is 2. The Bertz CT molecular complexity index is 883. The Labute approximate surface area is 154 Å². The van der Waals surface area contributed by atoms with Crippen LogP contribution in [0, 0.1) is 23.0 Å². The maximum Gasteiger partial charge on any atom is 0.271 e. The SMILES string of the molecule is Cc1ccc([N+](=O)[O-])cc1NC(=O)[C@H]1CC(=O)N(c2ccc(Cl)cc2)C1. The number of amides is 2. The van der Waals surface area contributed by atoms with E-state index >= 15 is 0 Å². The van der Waals surface area contributed by atoms with E-state index in [-0.39, 0.29) is 30.5 Å². The van der Waals surface area contributed by atoms with Crippen molar-refractivity contribution in [2.45, 2.75) is 13.3 Å². The number of benzene rings is 2. The predicted octanol–water partition coefficient (Wildman–Crippen LogP) is 3.55. The number of hydrogen-bond donors (Lipinski definition) is 1. The lowest BCUT2D eigenvalue weighted by Crippen LogP contribution is -2.28. The summed E-state index contributed by atoms with van der Waals surface area (Å²) in [6, 6.07) is 11.1. The number of nitro groups is 1. The molecule has 0 radical (unpaired) electrons. The van der Waals surface area contributed by atoms with Crippen molar-refractivity contribution in [1.29, 1.82) is 0 Å². The number of halogens is 1. The quantitative estimate of drug-likeness (QED) is 0.655. The summed E-state index contributed by atoms with van der Waals surface area (Å²) in [7, 11) is 0. The van der Waals surface area contributed by atoms with Crippen molar-refractivity contribution in [3.8, 4) is 0 Å². The molecule has 7 nitrogen and oxygen atoms in total. The van der Waals surface area contributed by atoms with Crippen LogP contribution in [0.5, 0.6) is 0 Å². The molecule has 1 aliphatic heterocycles. The zero-order valence-electron chi connectivity index (χ0n) is 13.9. The third-order valence-electron chi connectivity index (χ3n) is 4.32. The smallest absolute Gasteiger partial charge is 0.271 e. The lowest BCUT2D eigenvalue weighted by molar-refractivity contribution is -0.384. The van der Waals surface area contributed by atoms with Crippen LogP contribution in [-0.4, -0.2) is 23.3 Å². The normalized spacial score (nSPS) is 16.6. The number of non-ortho nitro benzene ring substituents is 1. The fourth-order valence-corrected chi connectivity index (χ4v) is 2.97. The van der Waals surface area contributed by atoms with Crippen LogP contribution >= 0.6 is 11.6 Å². The molecule has 0 aliphatic carbocycles. The molecule has 1 heterocycles. The van der Waals surface area contributed by atoms with E-state index in [0.717, 1.165) is 0 Å². The van der Waals surface area contributed by atoms with Crippen molar-refractivity contribution >= 4 is 40.5 Å². The molecule has 8 heteroatoms. The Balaban J connectivity index is 1.73. The molecule has 1 fully saturated rings. The highest BCUT2D eigenvalue weighted by Crippen LogP contribution is 2.28. The summed E-state index contributed by atoms with van der Waals surface area (Å²) >= 11 is 5.86. The van der Waals surface area contributed by atoms with Gasteiger partial charge in [0.2, 0.25) is 11.8 Å². The molecule has 2 amide bonds. The van der Waals surface area contributed by atoms with Crippen LogP contribution < -0.4 is 10.2 Å². The van der Waals surface area contributed by atoms with Crippen LogP contribution in [0.2, 0.25) is 5.02 Å². The van der Waals surface area contributed by atoms with Crippen molar-refractivity contribution in [3.05, 3.63) is 63.2 Å². The van der Waals surface area contributed by atoms with E-state index in [1.807, 2.05) is 0 Å². The number of nitrogens with zero attached hydrogens (tertiary/aromatic N) is 2. The monoisotopic (exact) mass is 373 g/mol. The van der Waals surface area contributed by atoms with Gasteiger partial charge in [-0.05, 0) is 36.8 Å². The second-order valence-corrected chi connectivity index (χ2v) is 6.56. The fraction of sp³-hybridized carbons (Fsp3) is 0.222. The van der Waals surface area contributed by atoms with Gasteiger partial charge in [-0.15, -0.1) is 0 Å². The van der Waals surface area contributed by atoms with E-state index in [1.54, 1.807) is 42.2 Å². The second kappa shape index (κ2) is 7.13. The molecule has 2 aromatic carbocycles. The van der Waals surface area contributed by atoms with Gasteiger partial charge in [-0.1, -0.05) is 17.7 Å². The summed E-state index contributed by atoms with van der Waals surface area (Å²) in [4.78, 5) is 36.7. The Morgan fingerprint density at radius 1 is 1.27 bits per heavy atom. The molecule has 1 aliphatic rings. The molecule has 1 saturated heterocycles. The van der Waals surface area contributed by atoms with E-state index in [2.05, 4.69) is 5.32 Å². The van der Waals surface area contributed by atoms with E-state index in [0.29, 0.717) is 22.0 Å². The first-order valence-corrected chi connectivity index (χ1v) is 8.35. The molecule has 0 unspecified atom stereocenters. The summed E-state index contributed by atoms with van der Waals surface area (Å²) in [5, 5.41) is 14.2. The zero-order chi connectivity index (χ0) is 18.8. The standard InChI is InChI=1S/C18H16ClN3O4/c1-11-2-5-15(22(25)26)9-16(11)20-18(24)12-8-17(23)21(10-12)14-6-3-13(19)4-7-14/h2-7,9,12H,8,10H2,1H3,(H,20,24)/t12-/m0/s1. The van der Waals surface area contributed by atoms with Crippen LogP contribution in [0.3, 0.4) is 0 Å². The maximum absolute atomic E-state index is 12.5. The van der Waals surface area contributed by atoms with Gasteiger partial charge in [0, 0.05) is 35.8 Å². The molecule has 0 aromatic heterocycles. The van der Waals surface area contributed by atoms with Crippen molar-refractivity contribution in [3.63, 3.8) is 0 Å². The third kappa shape index (κ3) is 3.67. The second-order valence-electron chi connectivity index (χ2n) is 6.13. The largest absolute Gasteiger partial charge is 0.325 e. The highest BCUT2D eigenvalue weighted by molar-refractivity contribution is 6.30. The number of aryl methyl sites for hydroxylation is 1. The first kappa shape index (κ1) is 17.9. The molecular weight excluding hydrogens is 358 g/mol. The number of nitro benzene ring substituents is 1. The number of carbonyl (C=O) groups excluding carboxylic acids is 2. The fourth-order valence-electron chi connectivity index (χ4n) is 2.85. The van der Waals surface area contributed by atoms with E-state index in [1.165, 1.54) is 12.1 Å². The van der Waals surface area contributed by atoms with Crippen LogP contribution in [-0.2, 0) is 9.59 Å². The van der Waals surface area contributed by atoms with E-state index < -0.39 is 10.8 Å². The average molecular weight is 374 g/mol. The van der Waals surface area contributed by atoms with Crippen molar-refractivity contribution < 1.29 is 14.5 Å². The van der Waals surface area contributed by atoms with Gasteiger partial charge in [-0.25, -0.2) is 0 Å². The van der Waals surface area contributed by atoms with Gasteiger partial charge in [-0.2, -0.15) is 0 Å². The van der Waals surface area contributed by atoms with E-state index in [4.69, 9.17) is 11.6 Å². The summed E-state index contributed by atoms with van der Waals surface area (Å²) in [5.41, 5.74) is 1.67. The predicted molar refractivity (Wildman–Crippen MR) is 98.4 cm³/mol. The Hall–Kier alpha value is -2.93. The van der Waals surface area contributed by atoms with Gasteiger partial charge in [0.1, 0.15) is 0 Å². The first-order valence-electron chi connectivity index (χ1n) is 7.97. The molecule has 0 saturated carbocycles. The molecule has 0 bridgehead atoms. The summed E-state index contributed by atoms with van der Waals surface area (Å²) in [6.45, 7) is 2.00. The van der Waals surface area contributed by atoms with Crippen molar-refractivity contribution in [2.24, 2.45) is 5.92 Å². The lowest BCUT2D eigenvalue weighted by Gasteiger charge is -2.17. The van der Waals surface area contributed by atoms with Gasteiger partial charge in [0.15, 0.2) is 0 Å². The van der Waals surface area contributed by atoms with Gasteiger partial charge >= 0.3 is 0 Å². The van der Waals surface area contributed by atoms with Crippen LogP contribution in [0.1, 0.15) is 12.0 Å². The van der Waals surface area contributed by atoms with Gasteiger partial charge in [0.25, 0.3) is 5.69 Å². The molecule has 2 aromatic rings. The minimum absolute atomic E-state index is 0.0857. The average Bonchev–Trinajstić information content (AvgIpc) is 2.99. The zero-order valence-corrected chi connectivity index (χ0v) is 14.7. The number of nitrogens with one attached hydrogen (secondary N) is 1. The Morgan fingerprint density at radius 3 is 2.62 bits per heavy atom. The maximum atomic E-state index is 12.5. The molecule has 134 valence electrons. The highest BCUT2D eigenvalue weighted by atomic mass is 35.5. The minimum atomic E-state index is -0.531. The number of carbonyl (C=O) groups is 2. The summed E-state index contributed by atoms with van der Waals surface area (Å²) in [6.07, 6.45) is 0.0857. The van der Waals surface area contributed by atoms with Crippen molar-refractivity contribution in [2.75, 3.05) is 16.8 Å². The first-order chi connectivity index (χ1) is 12.3. The molecular formula is C18H16ClN3O4. The Kier molecular flexibility index (Phi) is 4.90. The number of hydrogen-bond acceptors (Lipinski definition) is 4. The third-order valence-corrected chi connectivity index (χ3v) is 4.58. The Morgan fingerprint density at radius 2 is 1.96 bits per heavy atom. The van der Waals surface area contributed by atoms with Gasteiger partial charge < -0.3 is 10.2 Å². The topological polar surface area (TPSA) is 92.5 Å². The van der Waals surface area contributed by atoms with Crippen LogP contribution in [0.25, 0.3) is 0 Å². The molecule has 0 spiro atoms. The summed E-state index contributed by atoms with van der Waals surface area (Å²) in [5.74, 6) is -1.02. The molecule has 1 atom stereocenters. The van der Waals surface area contributed by atoms with Crippen LogP contribution in [0.4, 0.5) is 17.1 Å². The lowest BCUT2D eigenvalue weighted by atomic mass is 10.1. The molecule has 1 N–H and O–H groups in total. The van der Waals surface area contributed by atoms with Gasteiger partial charge in [-0.3, -0.25) is 19.7 Å². The van der Waals surface area contributed by atoms with E-state index in [9.17, 15) is 19.7 Å². The minimum Gasteiger partial charge on any atom is -0.325 e.